The second kappa shape index (κ2) is 5.75. The van der Waals surface area contributed by atoms with E-state index >= 15 is 0 Å². The molecule has 0 aliphatic carbocycles. The molecule has 0 radical (unpaired) electrons. The maximum absolute atomic E-state index is 13.4. The summed E-state index contributed by atoms with van der Waals surface area (Å²) in [7, 11) is 0. The van der Waals surface area contributed by atoms with Gasteiger partial charge in [0.2, 0.25) is 5.91 Å². The number of anilines is 1. The molecule has 98 valence electrons. The second-order valence-corrected chi connectivity index (χ2v) is 4.16. The van der Waals surface area contributed by atoms with Crippen LogP contribution in [0.15, 0.2) is 36.4 Å². The molecule has 0 saturated carbocycles. The van der Waals surface area contributed by atoms with Gasteiger partial charge in [0.15, 0.2) is 0 Å². The van der Waals surface area contributed by atoms with Gasteiger partial charge in [-0.15, -0.1) is 0 Å². The van der Waals surface area contributed by atoms with Gasteiger partial charge in [-0.25, -0.2) is 13.8 Å². The molecule has 0 saturated heterocycles. The zero-order valence-electron chi connectivity index (χ0n) is 9.66. The van der Waals surface area contributed by atoms with Gasteiger partial charge in [0.05, 0.1) is 6.42 Å². The molecule has 0 atom stereocenters. The number of carbonyl (C=O) groups excluding carboxylic acids is 1. The topological polar surface area (TPSA) is 42.0 Å². The van der Waals surface area contributed by atoms with E-state index in [2.05, 4.69) is 10.3 Å². The van der Waals surface area contributed by atoms with Crippen molar-refractivity contribution in [3.63, 3.8) is 0 Å². The van der Waals surface area contributed by atoms with Crippen LogP contribution in [0.25, 0.3) is 0 Å². The molecule has 3 nitrogen and oxygen atoms in total. The number of amides is 1. The molecule has 6 heteroatoms. The van der Waals surface area contributed by atoms with E-state index in [-0.39, 0.29) is 16.5 Å². The highest BCUT2D eigenvalue weighted by atomic mass is 35.5. The monoisotopic (exact) mass is 282 g/mol. The number of benzene rings is 1. The van der Waals surface area contributed by atoms with E-state index in [1.165, 1.54) is 12.1 Å². The van der Waals surface area contributed by atoms with Gasteiger partial charge in [0.25, 0.3) is 0 Å². The average molecular weight is 283 g/mol. The van der Waals surface area contributed by atoms with Crippen molar-refractivity contribution < 1.29 is 13.6 Å². The third-order valence-corrected chi connectivity index (χ3v) is 2.59. The molecule has 0 bridgehead atoms. The first-order valence-electron chi connectivity index (χ1n) is 5.41. The predicted octanol–water partition coefficient (Wildman–Crippen LogP) is 3.19. The van der Waals surface area contributed by atoms with E-state index < -0.39 is 24.0 Å². The third kappa shape index (κ3) is 3.48. The minimum Gasteiger partial charge on any atom is -0.310 e. The number of rotatable bonds is 3. The van der Waals surface area contributed by atoms with Crippen LogP contribution in [-0.4, -0.2) is 10.9 Å². The molecule has 0 fully saturated rings. The number of carbonyl (C=O) groups is 1. The van der Waals surface area contributed by atoms with Crippen LogP contribution in [0, 0.1) is 11.6 Å². The lowest BCUT2D eigenvalue weighted by atomic mass is 10.1. The lowest BCUT2D eigenvalue weighted by Crippen LogP contribution is -2.17. The molecule has 0 spiro atoms. The van der Waals surface area contributed by atoms with Gasteiger partial charge in [-0.2, -0.15) is 0 Å². The van der Waals surface area contributed by atoms with Crippen LogP contribution in [0.3, 0.4) is 0 Å². The fourth-order valence-corrected chi connectivity index (χ4v) is 1.69. The molecule has 0 unspecified atom stereocenters. The Hall–Kier alpha value is -2.01. The first-order valence-corrected chi connectivity index (χ1v) is 5.79. The van der Waals surface area contributed by atoms with E-state index in [0.717, 1.165) is 12.1 Å². The van der Waals surface area contributed by atoms with Crippen molar-refractivity contribution >= 4 is 23.3 Å². The van der Waals surface area contributed by atoms with E-state index in [1.54, 1.807) is 12.1 Å². The largest absolute Gasteiger partial charge is 0.310 e. The summed E-state index contributed by atoms with van der Waals surface area (Å²) >= 11 is 5.66. The Labute approximate surface area is 113 Å². The molecule has 2 aromatic rings. The molecular formula is C13H9ClF2N2O. The summed E-state index contributed by atoms with van der Waals surface area (Å²) in [5.74, 6) is -1.85. The zero-order chi connectivity index (χ0) is 13.8. The van der Waals surface area contributed by atoms with Crippen molar-refractivity contribution in [1.29, 1.82) is 0 Å². The van der Waals surface area contributed by atoms with Gasteiger partial charge in [0, 0.05) is 5.56 Å². The van der Waals surface area contributed by atoms with Gasteiger partial charge >= 0.3 is 0 Å². The zero-order valence-corrected chi connectivity index (χ0v) is 10.4. The first kappa shape index (κ1) is 13.4. The molecule has 2 rings (SSSR count). The summed E-state index contributed by atoms with van der Waals surface area (Å²) in [6.07, 6.45) is -0.410. The standard InChI is InChI=1S/C13H9ClF2N2O/c14-11-5-2-6-12(17-11)18-13(19)7-8-9(15)3-1-4-10(8)16/h1-6H,7H2,(H,17,18,19). The fourth-order valence-electron chi connectivity index (χ4n) is 1.53. The summed E-state index contributed by atoms with van der Waals surface area (Å²) in [6.45, 7) is 0. The molecular weight excluding hydrogens is 274 g/mol. The van der Waals surface area contributed by atoms with Crippen LogP contribution in [0.5, 0.6) is 0 Å². The van der Waals surface area contributed by atoms with Crippen LogP contribution in [-0.2, 0) is 11.2 Å². The summed E-state index contributed by atoms with van der Waals surface area (Å²) in [5, 5.41) is 2.64. The number of nitrogens with one attached hydrogen (secondary N) is 1. The van der Waals surface area contributed by atoms with E-state index in [1.807, 2.05) is 0 Å². The van der Waals surface area contributed by atoms with Crippen LogP contribution in [0.2, 0.25) is 5.15 Å². The molecule has 1 heterocycles. The Morgan fingerprint density at radius 2 is 1.79 bits per heavy atom. The molecule has 1 aromatic carbocycles. The van der Waals surface area contributed by atoms with Crippen molar-refractivity contribution in [2.45, 2.75) is 6.42 Å². The van der Waals surface area contributed by atoms with Gasteiger partial charge in [-0.3, -0.25) is 4.79 Å². The summed E-state index contributed by atoms with van der Waals surface area (Å²) in [6, 6.07) is 8.13. The van der Waals surface area contributed by atoms with Gasteiger partial charge < -0.3 is 5.32 Å². The highest BCUT2D eigenvalue weighted by molar-refractivity contribution is 6.29. The lowest BCUT2D eigenvalue weighted by molar-refractivity contribution is -0.115. The van der Waals surface area contributed by atoms with Crippen molar-refractivity contribution in [3.8, 4) is 0 Å². The Kier molecular flexibility index (Phi) is 4.06. The lowest BCUT2D eigenvalue weighted by Gasteiger charge is -2.06. The minimum absolute atomic E-state index is 0.217. The Morgan fingerprint density at radius 1 is 1.16 bits per heavy atom. The normalized spacial score (nSPS) is 10.3. The number of nitrogens with zero attached hydrogens (tertiary/aromatic N) is 1. The maximum atomic E-state index is 13.4. The predicted molar refractivity (Wildman–Crippen MR) is 67.9 cm³/mol. The van der Waals surface area contributed by atoms with E-state index in [9.17, 15) is 13.6 Å². The first-order chi connectivity index (χ1) is 9.06. The van der Waals surface area contributed by atoms with Crippen LogP contribution >= 0.6 is 11.6 Å². The van der Waals surface area contributed by atoms with Crippen molar-refractivity contribution in [1.82, 2.24) is 4.98 Å². The number of pyridine rings is 1. The fraction of sp³-hybridized carbons (Fsp3) is 0.0769. The molecule has 1 amide bonds. The highest BCUT2D eigenvalue weighted by Gasteiger charge is 2.13. The number of aromatic nitrogens is 1. The highest BCUT2D eigenvalue weighted by Crippen LogP contribution is 2.14. The second-order valence-electron chi connectivity index (χ2n) is 3.77. The molecule has 1 aromatic heterocycles. The molecule has 0 aliphatic heterocycles. The van der Waals surface area contributed by atoms with E-state index in [4.69, 9.17) is 11.6 Å². The molecule has 0 aliphatic rings. The summed E-state index contributed by atoms with van der Waals surface area (Å²) in [4.78, 5) is 15.5. The van der Waals surface area contributed by atoms with E-state index in [0.29, 0.717) is 0 Å². The quantitative estimate of drug-likeness (QED) is 0.879. The van der Waals surface area contributed by atoms with Crippen LogP contribution in [0.1, 0.15) is 5.56 Å². The average Bonchev–Trinajstić information content (AvgIpc) is 2.34. The Balaban J connectivity index is 2.10. The van der Waals surface area contributed by atoms with Crippen molar-refractivity contribution in [3.05, 3.63) is 58.7 Å². The maximum Gasteiger partial charge on any atom is 0.230 e. The molecule has 1 N–H and O–H groups in total. The van der Waals surface area contributed by atoms with Crippen LogP contribution in [0.4, 0.5) is 14.6 Å². The summed E-state index contributed by atoms with van der Waals surface area (Å²) < 4.78 is 26.7. The smallest absolute Gasteiger partial charge is 0.230 e. The number of halogens is 3. The van der Waals surface area contributed by atoms with Crippen LogP contribution < -0.4 is 5.32 Å². The number of hydrogen-bond acceptors (Lipinski definition) is 2. The minimum atomic E-state index is -0.755. The van der Waals surface area contributed by atoms with Crippen molar-refractivity contribution in [2.75, 3.05) is 5.32 Å². The summed E-state index contributed by atoms with van der Waals surface area (Å²) in [5.41, 5.74) is -0.276. The van der Waals surface area contributed by atoms with Gasteiger partial charge in [-0.05, 0) is 24.3 Å². The van der Waals surface area contributed by atoms with Gasteiger partial charge in [-0.1, -0.05) is 23.7 Å². The third-order valence-electron chi connectivity index (χ3n) is 2.38. The Morgan fingerprint density at radius 3 is 2.42 bits per heavy atom. The Bertz CT molecular complexity index is 599. The molecule has 19 heavy (non-hydrogen) atoms. The number of hydrogen-bond donors (Lipinski definition) is 1. The van der Waals surface area contributed by atoms with Gasteiger partial charge in [0.1, 0.15) is 22.6 Å². The SMILES string of the molecule is O=C(Cc1c(F)cccc1F)Nc1cccc(Cl)n1. The van der Waals surface area contributed by atoms with Crippen molar-refractivity contribution in [2.24, 2.45) is 0 Å².